The van der Waals surface area contributed by atoms with E-state index < -0.39 is 10.0 Å². The van der Waals surface area contributed by atoms with E-state index in [1.165, 1.54) is 0 Å². The predicted octanol–water partition coefficient (Wildman–Crippen LogP) is 2.77. The van der Waals surface area contributed by atoms with Crippen LogP contribution in [0.3, 0.4) is 0 Å². The number of anilines is 3. The molecule has 0 radical (unpaired) electrons. The zero-order valence-corrected chi connectivity index (χ0v) is 21.4. The first-order valence-electron chi connectivity index (χ1n) is 12.5. The quantitative estimate of drug-likeness (QED) is 0.470. The summed E-state index contributed by atoms with van der Waals surface area (Å²) in [4.78, 5) is 9.44. The molecule has 3 saturated heterocycles. The standard InChI is InChI=1S/C23H35N7O4S/c1-4-35(31,32)30-17-6-5-7-18(30)10-16(9-17)20-21(25-19-8-14(2)28-29-19)26-23(24-3)27-22(20)34-13-15-11-33-12-15/h8,15-18H,4-7,9-13H2,1-3H3,(H3,24,25,26,27,28,29)/t16?,17-,18+. The molecule has 5 heterocycles. The van der Waals surface area contributed by atoms with Gasteiger partial charge in [0, 0.05) is 36.8 Å². The van der Waals surface area contributed by atoms with Gasteiger partial charge in [0.05, 0.1) is 31.1 Å². The van der Waals surface area contributed by atoms with Gasteiger partial charge in [-0.05, 0) is 45.4 Å². The SMILES string of the molecule is CCS(=O)(=O)N1[C@@H]2CCC[C@H]1CC(c1c(Nc3cc(C)[nH]n3)nc(NC)nc1OCC1COC1)C2. The minimum Gasteiger partial charge on any atom is -0.477 e. The molecule has 2 aromatic heterocycles. The Morgan fingerprint density at radius 2 is 1.97 bits per heavy atom. The molecular weight excluding hydrogens is 470 g/mol. The Morgan fingerprint density at radius 3 is 2.54 bits per heavy atom. The number of H-pyrrole nitrogens is 1. The molecule has 3 fully saturated rings. The van der Waals surface area contributed by atoms with Crippen LogP contribution in [0.25, 0.3) is 0 Å². The van der Waals surface area contributed by atoms with E-state index >= 15 is 0 Å². The first-order valence-corrected chi connectivity index (χ1v) is 14.1. The van der Waals surface area contributed by atoms with Gasteiger partial charge in [-0.2, -0.15) is 19.4 Å². The highest BCUT2D eigenvalue weighted by molar-refractivity contribution is 7.89. The van der Waals surface area contributed by atoms with Gasteiger partial charge in [0.15, 0.2) is 5.82 Å². The lowest BCUT2D eigenvalue weighted by Gasteiger charge is -2.48. The van der Waals surface area contributed by atoms with E-state index in [-0.39, 0.29) is 23.8 Å². The molecule has 2 aromatic rings. The minimum atomic E-state index is -3.26. The molecule has 11 nitrogen and oxygen atoms in total. The first-order chi connectivity index (χ1) is 16.9. The second kappa shape index (κ2) is 9.90. The molecule has 3 aliphatic rings. The van der Waals surface area contributed by atoms with Crippen molar-refractivity contribution in [2.24, 2.45) is 5.92 Å². The third-order valence-electron chi connectivity index (χ3n) is 7.25. The monoisotopic (exact) mass is 505 g/mol. The van der Waals surface area contributed by atoms with Crippen LogP contribution in [0.1, 0.15) is 56.2 Å². The van der Waals surface area contributed by atoms with Gasteiger partial charge in [-0.3, -0.25) is 5.10 Å². The minimum absolute atomic E-state index is 0.0187. The van der Waals surface area contributed by atoms with Crippen molar-refractivity contribution in [2.75, 3.05) is 43.3 Å². The fourth-order valence-electron chi connectivity index (χ4n) is 5.49. The zero-order chi connectivity index (χ0) is 24.6. The average molecular weight is 506 g/mol. The second-order valence-electron chi connectivity index (χ2n) is 9.78. The molecule has 0 saturated carbocycles. The Labute approximate surface area is 206 Å². The van der Waals surface area contributed by atoms with Crippen molar-refractivity contribution in [1.29, 1.82) is 0 Å². The molecule has 3 aliphatic heterocycles. The molecule has 5 rings (SSSR count). The molecule has 0 spiro atoms. The molecule has 0 amide bonds. The van der Waals surface area contributed by atoms with Crippen molar-refractivity contribution in [3.05, 3.63) is 17.3 Å². The van der Waals surface area contributed by atoms with Gasteiger partial charge in [-0.25, -0.2) is 8.42 Å². The summed E-state index contributed by atoms with van der Waals surface area (Å²) in [5.41, 5.74) is 1.83. The number of rotatable bonds is 9. The van der Waals surface area contributed by atoms with Gasteiger partial charge in [0.25, 0.3) is 0 Å². The molecule has 0 aromatic carbocycles. The summed E-state index contributed by atoms with van der Waals surface area (Å²) in [6.07, 6.45) is 4.23. The summed E-state index contributed by atoms with van der Waals surface area (Å²) in [6, 6.07) is 1.88. The average Bonchev–Trinajstić information content (AvgIpc) is 3.21. The lowest BCUT2D eigenvalue weighted by molar-refractivity contribution is -0.0516. The maximum Gasteiger partial charge on any atom is 0.227 e. The van der Waals surface area contributed by atoms with E-state index in [1.54, 1.807) is 18.3 Å². The van der Waals surface area contributed by atoms with Gasteiger partial charge in [-0.15, -0.1) is 0 Å². The fourth-order valence-corrected chi connectivity index (χ4v) is 7.08. The summed E-state index contributed by atoms with van der Waals surface area (Å²) in [6.45, 7) is 5.57. The van der Waals surface area contributed by atoms with E-state index in [4.69, 9.17) is 19.4 Å². The van der Waals surface area contributed by atoms with Gasteiger partial charge in [0.2, 0.25) is 21.9 Å². The summed E-state index contributed by atoms with van der Waals surface area (Å²) in [5.74, 6) is 2.84. The van der Waals surface area contributed by atoms with Crippen LogP contribution in [0.5, 0.6) is 5.88 Å². The molecule has 12 heteroatoms. The van der Waals surface area contributed by atoms with Crippen LogP contribution in [-0.2, 0) is 14.8 Å². The summed E-state index contributed by atoms with van der Waals surface area (Å²) < 4.78 is 39.2. The van der Waals surface area contributed by atoms with Crippen LogP contribution in [0.2, 0.25) is 0 Å². The first kappa shape index (κ1) is 24.3. The molecule has 1 unspecified atom stereocenters. The van der Waals surface area contributed by atoms with Crippen molar-refractivity contribution < 1.29 is 17.9 Å². The fraction of sp³-hybridized carbons (Fsp3) is 0.696. The van der Waals surface area contributed by atoms with E-state index in [1.807, 2.05) is 13.0 Å². The Kier molecular flexibility index (Phi) is 6.86. The van der Waals surface area contributed by atoms with E-state index in [2.05, 4.69) is 20.8 Å². The lowest BCUT2D eigenvalue weighted by Crippen LogP contribution is -2.54. The number of piperidine rings is 2. The smallest absolute Gasteiger partial charge is 0.227 e. The second-order valence-corrected chi connectivity index (χ2v) is 11.9. The number of nitrogens with one attached hydrogen (secondary N) is 3. The normalized spacial score (nSPS) is 25.2. The maximum absolute atomic E-state index is 12.9. The summed E-state index contributed by atoms with van der Waals surface area (Å²) >= 11 is 0. The Morgan fingerprint density at radius 1 is 1.23 bits per heavy atom. The van der Waals surface area contributed by atoms with Gasteiger partial charge >= 0.3 is 0 Å². The number of aromatic amines is 1. The number of hydrogen-bond acceptors (Lipinski definition) is 9. The number of sulfonamides is 1. The highest BCUT2D eigenvalue weighted by Crippen LogP contribution is 2.47. The van der Waals surface area contributed by atoms with Crippen molar-refractivity contribution >= 4 is 27.6 Å². The number of fused-ring (bicyclic) bond motifs is 2. The Balaban J connectivity index is 1.52. The molecule has 3 atom stereocenters. The van der Waals surface area contributed by atoms with Crippen LogP contribution in [0, 0.1) is 12.8 Å². The zero-order valence-electron chi connectivity index (χ0n) is 20.6. The van der Waals surface area contributed by atoms with Crippen molar-refractivity contribution in [2.45, 2.75) is 64.0 Å². The highest BCUT2D eigenvalue weighted by atomic mass is 32.2. The third kappa shape index (κ3) is 4.96. The van der Waals surface area contributed by atoms with Crippen LogP contribution in [-0.4, -0.2) is 77.6 Å². The lowest BCUT2D eigenvalue weighted by atomic mass is 9.77. The molecule has 35 heavy (non-hydrogen) atoms. The number of ether oxygens (including phenoxy) is 2. The largest absolute Gasteiger partial charge is 0.477 e. The molecule has 0 aliphatic carbocycles. The van der Waals surface area contributed by atoms with Crippen molar-refractivity contribution in [3.63, 3.8) is 0 Å². The number of nitrogens with zero attached hydrogens (tertiary/aromatic N) is 4. The van der Waals surface area contributed by atoms with E-state index in [9.17, 15) is 8.42 Å². The molecule has 192 valence electrons. The van der Waals surface area contributed by atoms with Crippen molar-refractivity contribution in [1.82, 2.24) is 24.5 Å². The molecule has 3 N–H and O–H groups in total. The van der Waals surface area contributed by atoms with Crippen LogP contribution in [0.4, 0.5) is 17.6 Å². The third-order valence-corrected chi connectivity index (χ3v) is 9.22. The van der Waals surface area contributed by atoms with E-state index in [0.717, 1.165) is 43.4 Å². The van der Waals surface area contributed by atoms with Gasteiger partial charge in [-0.1, -0.05) is 6.42 Å². The number of aromatic nitrogens is 4. The van der Waals surface area contributed by atoms with Gasteiger partial charge < -0.3 is 20.1 Å². The topological polar surface area (TPSA) is 134 Å². The maximum atomic E-state index is 12.9. The van der Waals surface area contributed by atoms with Crippen LogP contribution < -0.4 is 15.4 Å². The summed E-state index contributed by atoms with van der Waals surface area (Å²) in [7, 11) is -1.49. The van der Waals surface area contributed by atoms with Crippen LogP contribution in [0.15, 0.2) is 6.07 Å². The predicted molar refractivity (Wildman–Crippen MR) is 133 cm³/mol. The summed E-state index contributed by atoms with van der Waals surface area (Å²) in [5, 5.41) is 13.7. The highest BCUT2D eigenvalue weighted by Gasteiger charge is 2.45. The molecular formula is C23H35N7O4S. The number of aryl methyl sites for hydroxylation is 1. The molecule has 2 bridgehead atoms. The van der Waals surface area contributed by atoms with Gasteiger partial charge in [0.1, 0.15) is 5.82 Å². The number of hydrogen-bond donors (Lipinski definition) is 3. The van der Waals surface area contributed by atoms with E-state index in [0.29, 0.717) is 49.2 Å². The Hall–Kier alpha value is -2.44. The Bertz CT molecular complexity index is 1140. The van der Waals surface area contributed by atoms with Crippen LogP contribution >= 0.6 is 0 Å². The van der Waals surface area contributed by atoms with Crippen molar-refractivity contribution in [3.8, 4) is 5.88 Å².